The first-order valence-electron chi connectivity index (χ1n) is 12.2. The summed E-state index contributed by atoms with van der Waals surface area (Å²) in [6, 6.07) is 13.8. The molecule has 0 saturated carbocycles. The highest BCUT2D eigenvalue weighted by molar-refractivity contribution is 9.10. The van der Waals surface area contributed by atoms with E-state index in [9.17, 15) is 4.79 Å². The summed E-state index contributed by atoms with van der Waals surface area (Å²) in [5.41, 5.74) is 4.77. The Labute approximate surface area is 229 Å². The summed E-state index contributed by atoms with van der Waals surface area (Å²) in [7, 11) is 1.67. The summed E-state index contributed by atoms with van der Waals surface area (Å²) in [6.07, 6.45) is 1.80. The molecule has 1 atom stereocenters. The number of piperazine rings is 1. The van der Waals surface area contributed by atoms with Gasteiger partial charge < -0.3 is 14.4 Å². The van der Waals surface area contributed by atoms with Crippen LogP contribution in [0, 0.1) is 6.92 Å². The van der Waals surface area contributed by atoms with E-state index in [1.54, 1.807) is 24.6 Å². The molecule has 9 heteroatoms. The number of methoxy groups -OCH3 is 1. The van der Waals surface area contributed by atoms with E-state index in [4.69, 9.17) is 14.5 Å². The van der Waals surface area contributed by atoms with Crippen LogP contribution in [0.4, 0.5) is 0 Å². The van der Waals surface area contributed by atoms with Gasteiger partial charge in [-0.25, -0.2) is 9.78 Å². The fourth-order valence-electron chi connectivity index (χ4n) is 4.78. The highest BCUT2D eigenvalue weighted by Gasteiger charge is 2.40. The van der Waals surface area contributed by atoms with Crippen molar-refractivity contribution in [3.8, 4) is 5.75 Å². The largest absolute Gasteiger partial charge is 0.497 e. The lowest BCUT2D eigenvalue weighted by Crippen LogP contribution is -2.50. The van der Waals surface area contributed by atoms with Crippen LogP contribution in [0.5, 0.6) is 5.75 Å². The molecule has 2 aliphatic rings. The third-order valence-electron chi connectivity index (χ3n) is 6.57. The molecule has 2 aliphatic heterocycles. The van der Waals surface area contributed by atoms with Crippen molar-refractivity contribution in [2.75, 3.05) is 33.4 Å². The van der Waals surface area contributed by atoms with E-state index in [-0.39, 0.29) is 5.97 Å². The number of aryl methyl sites for hydroxylation is 1. The highest BCUT2D eigenvalue weighted by Crippen LogP contribution is 2.40. The number of halogens is 1. The standard InChI is InChI=1S/C28H29BrN4O3S/c1-4-36-28(34)24-23-17-32(16-19-6-8-20(35-3)9-7-19)12-13-33(23)26(27-30-11-14-37-27)31-25(24)21-10-5-18(2)15-22(21)29/h5-11,14-15,25H,4,12-13,16-17H2,1-3H3. The zero-order chi connectivity index (χ0) is 25.9. The van der Waals surface area contributed by atoms with Crippen LogP contribution in [0.15, 0.2) is 74.8 Å². The van der Waals surface area contributed by atoms with Crippen LogP contribution in [-0.4, -0.2) is 59.9 Å². The van der Waals surface area contributed by atoms with Gasteiger partial charge in [0.15, 0.2) is 10.8 Å². The van der Waals surface area contributed by atoms with Crippen LogP contribution in [0.1, 0.15) is 34.7 Å². The van der Waals surface area contributed by atoms with E-state index in [1.807, 2.05) is 37.4 Å². The Morgan fingerprint density at radius 2 is 2.00 bits per heavy atom. The molecule has 0 spiro atoms. The second kappa shape index (κ2) is 11.2. The molecule has 192 valence electrons. The molecule has 0 bridgehead atoms. The predicted octanol–water partition coefficient (Wildman–Crippen LogP) is 5.36. The highest BCUT2D eigenvalue weighted by atomic mass is 79.9. The van der Waals surface area contributed by atoms with E-state index in [0.29, 0.717) is 25.3 Å². The smallest absolute Gasteiger partial charge is 0.338 e. The summed E-state index contributed by atoms with van der Waals surface area (Å²) >= 11 is 5.29. The fraction of sp³-hybridized carbons (Fsp3) is 0.321. The second-order valence-corrected chi connectivity index (χ2v) is 10.8. The molecule has 1 aromatic heterocycles. The van der Waals surface area contributed by atoms with Crippen molar-refractivity contribution in [3.05, 3.63) is 91.5 Å². The maximum absolute atomic E-state index is 13.5. The quantitative estimate of drug-likeness (QED) is 0.350. The number of thiazole rings is 1. The molecule has 0 amide bonds. The lowest BCUT2D eigenvalue weighted by molar-refractivity contribution is -0.139. The summed E-state index contributed by atoms with van der Waals surface area (Å²) < 4.78 is 11.8. The lowest BCUT2D eigenvalue weighted by atomic mass is 9.93. The molecule has 1 unspecified atom stereocenters. The normalized spacial score (nSPS) is 17.9. The van der Waals surface area contributed by atoms with Gasteiger partial charge in [0.1, 0.15) is 11.8 Å². The molecule has 3 heterocycles. The minimum absolute atomic E-state index is 0.302. The Kier molecular flexibility index (Phi) is 7.73. The lowest BCUT2D eigenvalue weighted by Gasteiger charge is -2.42. The Morgan fingerprint density at radius 3 is 2.68 bits per heavy atom. The first kappa shape index (κ1) is 25.6. The number of ether oxygens (including phenoxy) is 2. The number of benzene rings is 2. The number of rotatable bonds is 7. The third-order valence-corrected chi connectivity index (χ3v) is 8.02. The van der Waals surface area contributed by atoms with Gasteiger partial charge in [0.05, 0.1) is 19.3 Å². The van der Waals surface area contributed by atoms with Crippen molar-refractivity contribution < 1.29 is 14.3 Å². The van der Waals surface area contributed by atoms with Gasteiger partial charge in [-0.15, -0.1) is 11.3 Å². The minimum Gasteiger partial charge on any atom is -0.497 e. The number of fused-ring (bicyclic) bond motifs is 1. The minimum atomic E-state index is -0.500. The van der Waals surface area contributed by atoms with Crippen molar-refractivity contribution in [3.63, 3.8) is 0 Å². The first-order chi connectivity index (χ1) is 18.0. The van der Waals surface area contributed by atoms with Crippen molar-refractivity contribution in [2.45, 2.75) is 26.4 Å². The molecule has 5 rings (SSSR count). The number of hydrogen-bond acceptors (Lipinski definition) is 8. The van der Waals surface area contributed by atoms with Crippen LogP contribution < -0.4 is 4.74 Å². The number of aliphatic imine (C=N–C) groups is 1. The summed E-state index contributed by atoms with van der Waals surface area (Å²) in [4.78, 5) is 27.8. The average Bonchev–Trinajstić information content (AvgIpc) is 3.43. The number of hydrogen-bond donors (Lipinski definition) is 0. The Bertz CT molecular complexity index is 1340. The molecule has 3 aromatic rings. The number of carbonyl (C=O) groups excluding carboxylic acids is 1. The number of aromatic nitrogens is 1. The molecule has 7 nitrogen and oxygen atoms in total. The van der Waals surface area contributed by atoms with E-state index in [1.165, 1.54) is 5.56 Å². The molecule has 1 saturated heterocycles. The molecule has 0 aliphatic carbocycles. The van der Waals surface area contributed by atoms with Crippen molar-refractivity contribution >= 4 is 39.1 Å². The first-order valence-corrected chi connectivity index (χ1v) is 13.9. The Morgan fingerprint density at radius 1 is 1.19 bits per heavy atom. The summed E-state index contributed by atoms with van der Waals surface area (Å²) in [6.45, 7) is 7.08. The van der Waals surface area contributed by atoms with Gasteiger partial charge >= 0.3 is 5.97 Å². The molecular weight excluding hydrogens is 552 g/mol. The van der Waals surface area contributed by atoms with Crippen molar-refractivity contribution in [2.24, 2.45) is 4.99 Å². The van der Waals surface area contributed by atoms with Crippen LogP contribution in [0.25, 0.3) is 0 Å². The van der Waals surface area contributed by atoms with Gasteiger partial charge in [-0.3, -0.25) is 9.89 Å². The molecule has 0 radical (unpaired) electrons. The van der Waals surface area contributed by atoms with Crippen LogP contribution in [0.2, 0.25) is 0 Å². The fourth-order valence-corrected chi connectivity index (χ4v) is 6.13. The number of nitrogens with zero attached hydrogens (tertiary/aromatic N) is 4. The van der Waals surface area contributed by atoms with Crippen LogP contribution in [0.3, 0.4) is 0 Å². The van der Waals surface area contributed by atoms with E-state index >= 15 is 0 Å². The molecule has 37 heavy (non-hydrogen) atoms. The maximum Gasteiger partial charge on any atom is 0.338 e. The monoisotopic (exact) mass is 580 g/mol. The van der Waals surface area contributed by atoms with Gasteiger partial charge in [-0.05, 0) is 48.7 Å². The van der Waals surface area contributed by atoms with Crippen molar-refractivity contribution in [1.29, 1.82) is 0 Å². The van der Waals surface area contributed by atoms with Gasteiger partial charge in [0.2, 0.25) is 0 Å². The zero-order valence-electron chi connectivity index (χ0n) is 21.1. The van der Waals surface area contributed by atoms with Gasteiger partial charge in [0, 0.05) is 47.9 Å². The predicted molar refractivity (Wildman–Crippen MR) is 149 cm³/mol. The average molecular weight is 582 g/mol. The van der Waals surface area contributed by atoms with E-state index < -0.39 is 6.04 Å². The molecular formula is C28H29BrN4O3S. The summed E-state index contributed by atoms with van der Waals surface area (Å²) in [5.74, 6) is 1.32. The number of amidine groups is 1. The Balaban J connectivity index is 1.58. The SMILES string of the molecule is CCOC(=O)C1=C2CN(Cc3ccc(OC)cc3)CCN2C(c2nccs2)=NC1c1ccc(C)cc1Br. The second-order valence-electron chi connectivity index (χ2n) is 9.01. The van der Waals surface area contributed by atoms with Crippen molar-refractivity contribution in [1.82, 2.24) is 14.8 Å². The Hall–Kier alpha value is -3.01. The zero-order valence-corrected chi connectivity index (χ0v) is 23.5. The van der Waals surface area contributed by atoms with Gasteiger partial charge in [-0.1, -0.05) is 40.2 Å². The van der Waals surface area contributed by atoms with E-state index in [2.05, 4.69) is 55.0 Å². The van der Waals surface area contributed by atoms with Gasteiger partial charge in [0.25, 0.3) is 0 Å². The molecule has 2 aromatic carbocycles. The van der Waals surface area contributed by atoms with Crippen LogP contribution in [-0.2, 0) is 16.1 Å². The topological polar surface area (TPSA) is 67.3 Å². The van der Waals surface area contributed by atoms with E-state index in [0.717, 1.165) is 51.0 Å². The molecule has 0 N–H and O–H groups in total. The number of esters is 1. The molecule has 1 fully saturated rings. The maximum atomic E-state index is 13.5. The third kappa shape index (κ3) is 5.35. The summed E-state index contributed by atoms with van der Waals surface area (Å²) in [5, 5.41) is 2.80. The number of carbonyl (C=O) groups is 1. The van der Waals surface area contributed by atoms with Gasteiger partial charge in [-0.2, -0.15) is 0 Å². The van der Waals surface area contributed by atoms with Crippen LogP contribution >= 0.6 is 27.3 Å².